The largest absolute Gasteiger partial charge is 0.481 e. The normalized spacial score (nSPS) is 26.1. The smallest absolute Gasteiger partial charge is 0.307 e. The number of aliphatic carboxylic acids is 1. The predicted octanol–water partition coefficient (Wildman–Crippen LogP) is 1.35. The molecule has 3 fully saturated rings. The number of carboxylic acid groups (broad SMARTS) is 1. The topological polar surface area (TPSA) is 123 Å². The minimum atomic E-state index is -0.906. The summed E-state index contributed by atoms with van der Waals surface area (Å²) in [7, 11) is 1.54. The summed E-state index contributed by atoms with van der Waals surface area (Å²) in [4.78, 5) is 37.3. The third-order valence-corrected chi connectivity index (χ3v) is 5.96. The molecule has 3 aliphatic rings. The minimum Gasteiger partial charge on any atom is -0.481 e. The van der Waals surface area contributed by atoms with Gasteiger partial charge in [0.2, 0.25) is 5.91 Å². The van der Waals surface area contributed by atoms with Gasteiger partial charge in [0, 0.05) is 26.4 Å². The quantitative estimate of drug-likeness (QED) is 0.574. The Balaban J connectivity index is 1.78. The fourth-order valence-electron chi connectivity index (χ4n) is 4.59. The molecule has 28 heavy (non-hydrogen) atoms. The number of anilines is 1. The van der Waals surface area contributed by atoms with Crippen molar-refractivity contribution in [3.8, 4) is 0 Å². The van der Waals surface area contributed by atoms with Crippen molar-refractivity contribution >= 4 is 23.5 Å². The molecule has 2 amide bonds. The maximum absolute atomic E-state index is 13.0. The number of aryl methyl sites for hydroxylation is 1. The van der Waals surface area contributed by atoms with Crippen LogP contribution >= 0.6 is 0 Å². The van der Waals surface area contributed by atoms with Crippen LogP contribution in [0.1, 0.15) is 43.1 Å². The van der Waals surface area contributed by atoms with Crippen LogP contribution in [0.25, 0.3) is 0 Å². The van der Waals surface area contributed by atoms with Crippen LogP contribution in [0.4, 0.5) is 5.69 Å². The summed E-state index contributed by atoms with van der Waals surface area (Å²) in [6, 6.07) is 0. The monoisotopic (exact) mass is 392 g/mol. The van der Waals surface area contributed by atoms with Gasteiger partial charge < -0.3 is 20.5 Å². The van der Waals surface area contributed by atoms with Gasteiger partial charge in [-0.1, -0.05) is 0 Å². The molecule has 2 unspecified atom stereocenters. The maximum atomic E-state index is 13.0. The van der Waals surface area contributed by atoms with Crippen LogP contribution in [-0.4, -0.2) is 52.9 Å². The Morgan fingerprint density at radius 1 is 1.21 bits per heavy atom. The highest BCUT2D eigenvalue weighted by atomic mass is 16.5. The zero-order valence-corrected chi connectivity index (χ0v) is 16.3. The summed E-state index contributed by atoms with van der Waals surface area (Å²) in [6.45, 7) is 3.12. The molecule has 2 bridgehead atoms. The average Bonchev–Trinajstić information content (AvgIpc) is 3.11. The van der Waals surface area contributed by atoms with Crippen LogP contribution in [0.15, 0.2) is 6.20 Å². The van der Waals surface area contributed by atoms with Gasteiger partial charge in [0.05, 0.1) is 24.1 Å². The Hall–Kier alpha value is -2.42. The van der Waals surface area contributed by atoms with E-state index in [-0.39, 0.29) is 23.4 Å². The summed E-state index contributed by atoms with van der Waals surface area (Å²) in [5, 5.41) is 19.4. The lowest BCUT2D eigenvalue weighted by Crippen LogP contribution is -2.49. The minimum absolute atomic E-state index is 0.0495. The number of carboxylic acids is 1. The predicted molar refractivity (Wildman–Crippen MR) is 101 cm³/mol. The number of amides is 2. The number of nitrogens with zero attached hydrogens (tertiary/aromatic N) is 2. The second-order valence-electron chi connectivity index (χ2n) is 7.55. The van der Waals surface area contributed by atoms with Gasteiger partial charge in [0.25, 0.3) is 5.91 Å². The molecule has 0 aliphatic heterocycles. The highest BCUT2D eigenvalue weighted by molar-refractivity contribution is 6.03. The molecule has 4 rings (SSSR count). The van der Waals surface area contributed by atoms with E-state index in [1.165, 1.54) is 0 Å². The molecule has 0 saturated heterocycles. The van der Waals surface area contributed by atoms with Crippen LogP contribution in [0.5, 0.6) is 0 Å². The molecule has 154 valence electrons. The SMILES string of the molecule is CCn1cc(NC(=O)C2C3CCC(CC3)C2C(=O)O)c(C(=O)NCCOC)n1. The maximum Gasteiger partial charge on any atom is 0.307 e. The summed E-state index contributed by atoms with van der Waals surface area (Å²) in [5.41, 5.74) is 0.437. The molecule has 1 aromatic rings. The Morgan fingerprint density at radius 2 is 1.86 bits per heavy atom. The van der Waals surface area contributed by atoms with Crippen LogP contribution < -0.4 is 10.6 Å². The fraction of sp³-hybridized carbons (Fsp3) is 0.684. The van der Waals surface area contributed by atoms with Gasteiger partial charge in [-0.25, -0.2) is 0 Å². The first kappa shape index (κ1) is 20.3. The lowest BCUT2D eigenvalue weighted by Gasteiger charge is -2.45. The molecular weight excluding hydrogens is 364 g/mol. The fourth-order valence-corrected chi connectivity index (χ4v) is 4.59. The molecular formula is C19H28N4O5. The summed E-state index contributed by atoms with van der Waals surface area (Å²) in [5.74, 6) is -2.74. The number of methoxy groups -OCH3 is 1. The van der Waals surface area contributed by atoms with Gasteiger partial charge in [-0.3, -0.25) is 19.1 Å². The summed E-state index contributed by atoms with van der Waals surface area (Å²) < 4.78 is 6.50. The Bertz CT molecular complexity index is 739. The Labute approximate surface area is 163 Å². The van der Waals surface area contributed by atoms with Gasteiger partial charge in [-0.2, -0.15) is 5.10 Å². The lowest BCUT2D eigenvalue weighted by atomic mass is 9.58. The van der Waals surface area contributed by atoms with Gasteiger partial charge in [0.1, 0.15) is 0 Å². The number of aromatic nitrogens is 2. The van der Waals surface area contributed by atoms with Gasteiger partial charge in [-0.05, 0) is 44.4 Å². The number of ether oxygens (including phenoxy) is 1. The molecule has 0 spiro atoms. The first-order valence-corrected chi connectivity index (χ1v) is 9.84. The molecule has 1 heterocycles. The standard InChI is InChI=1S/C19H28N4O5/c1-3-23-10-13(16(22-23)18(25)20-8-9-28-2)21-17(24)14-11-4-6-12(7-5-11)15(14)19(26)27/h10-12,14-15H,3-9H2,1-2H3,(H,20,25)(H,21,24)(H,26,27). The van der Waals surface area contributed by atoms with Gasteiger partial charge >= 0.3 is 5.97 Å². The number of nitrogens with one attached hydrogen (secondary N) is 2. The number of carbonyl (C=O) groups excluding carboxylic acids is 2. The number of rotatable bonds is 8. The molecule has 1 aromatic heterocycles. The molecule has 2 atom stereocenters. The molecule has 3 aliphatic carbocycles. The van der Waals surface area contributed by atoms with Crippen molar-refractivity contribution in [2.45, 2.75) is 39.2 Å². The van der Waals surface area contributed by atoms with E-state index in [4.69, 9.17) is 4.74 Å². The van der Waals surface area contributed by atoms with Crippen LogP contribution in [0.3, 0.4) is 0 Å². The molecule has 0 aromatic carbocycles. The van der Waals surface area contributed by atoms with E-state index in [1.807, 2.05) is 6.92 Å². The summed E-state index contributed by atoms with van der Waals surface area (Å²) in [6.07, 6.45) is 5.11. The van der Waals surface area contributed by atoms with Gasteiger partial charge in [0.15, 0.2) is 5.69 Å². The third kappa shape index (κ3) is 4.04. The zero-order valence-electron chi connectivity index (χ0n) is 16.3. The first-order valence-electron chi connectivity index (χ1n) is 9.84. The molecule has 3 saturated carbocycles. The highest BCUT2D eigenvalue weighted by Gasteiger charge is 2.50. The Kier molecular flexibility index (Phi) is 6.33. The lowest BCUT2D eigenvalue weighted by molar-refractivity contribution is -0.156. The summed E-state index contributed by atoms with van der Waals surface area (Å²) >= 11 is 0. The van der Waals surface area contributed by atoms with Crippen molar-refractivity contribution in [2.75, 3.05) is 25.6 Å². The average molecular weight is 392 g/mol. The Morgan fingerprint density at radius 3 is 2.43 bits per heavy atom. The second kappa shape index (κ2) is 8.72. The van der Waals surface area contributed by atoms with Crippen molar-refractivity contribution in [1.29, 1.82) is 0 Å². The number of carbonyl (C=O) groups is 3. The number of hydrogen-bond donors (Lipinski definition) is 3. The third-order valence-electron chi connectivity index (χ3n) is 5.96. The van der Waals surface area contributed by atoms with E-state index in [0.717, 1.165) is 25.7 Å². The van der Waals surface area contributed by atoms with E-state index in [9.17, 15) is 19.5 Å². The highest BCUT2D eigenvalue weighted by Crippen LogP contribution is 2.49. The van der Waals surface area contributed by atoms with Gasteiger partial charge in [-0.15, -0.1) is 0 Å². The van der Waals surface area contributed by atoms with Crippen LogP contribution in [0.2, 0.25) is 0 Å². The van der Waals surface area contributed by atoms with Crippen molar-refractivity contribution < 1.29 is 24.2 Å². The van der Waals surface area contributed by atoms with E-state index >= 15 is 0 Å². The molecule has 0 radical (unpaired) electrons. The zero-order chi connectivity index (χ0) is 20.3. The molecule has 9 nitrogen and oxygen atoms in total. The molecule has 9 heteroatoms. The number of fused-ring (bicyclic) bond motifs is 3. The van der Waals surface area contributed by atoms with Crippen LogP contribution in [0, 0.1) is 23.7 Å². The van der Waals surface area contributed by atoms with Crippen molar-refractivity contribution in [2.24, 2.45) is 23.7 Å². The van der Waals surface area contributed by atoms with E-state index in [0.29, 0.717) is 25.4 Å². The van der Waals surface area contributed by atoms with Crippen LogP contribution in [-0.2, 0) is 20.9 Å². The van der Waals surface area contributed by atoms with Crippen molar-refractivity contribution in [3.63, 3.8) is 0 Å². The van der Waals surface area contributed by atoms with E-state index in [2.05, 4.69) is 15.7 Å². The van der Waals surface area contributed by atoms with E-state index < -0.39 is 23.7 Å². The number of hydrogen-bond acceptors (Lipinski definition) is 5. The van der Waals surface area contributed by atoms with Crippen molar-refractivity contribution in [1.82, 2.24) is 15.1 Å². The van der Waals surface area contributed by atoms with Crippen molar-refractivity contribution in [3.05, 3.63) is 11.9 Å². The second-order valence-corrected chi connectivity index (χ2v) is 7.55. The molecule has 3 N–H and O–H groups in total. The first-order chi connectivity index (χ1) is 13.5. The van der Waals surface area contributed by atoms with E-state index in [1.54, 1.807) is 18.0 Å².